The molecule has 2 aromatic rings. The number of ether oxygens (including phenoxy) is 2. The van der Waals surface area contributed by atoms with E-state index >= 15 is 0 Å². The summed E-state index contributed by atoms with van der Waals surface area (Å²) >= 11 is 6.24. The molecule has 0 amide bonds. The summed E-state index contributed by atoms with van der Waals surface area (Å²) in [6.45, 7) is 12.1. The number of halogens is 1. The van der Waals surface area contributed by atoms with Crippen LogP contribution in [0.5, 0.6) is 11.5 Å². The van der Waals surface area contributed by atoms with Gasteiger partial charge in [0.15, 0.2) is 5.75 Å². The number of aryl methyl sites for hydroxylation is 1. The summed E-state index contributed by atoms with van der Waals surface area (Å²) in [4.78, 5) is 23.7. The number of fused-ring (bicyclic) bond motifs is 1. The van der Waals surface area contributed by atoms with Crippen molar-refractivity contribution in [2.75, 3.05) is 0 Å². The van der Waals surface area contributed by atoms with E-state index in [0.717, 1.165) is 5.56 Å². The van der Waals surface area contributed by atoms with Crippen LogP contribution < -0.4 is 9.47 Å². The summed E-state index contributed by atoms with van der Waals surface area (Å²) in [5.41, 5.74) is 1.48. The Morgan fingerprint density at radius 2 is 1.54 bits per heavy atom. The van der Waals surface area contributed by atoms with E-state index in [0.29, 0.717) is 10.8 Å². The van der Waals surface area contributed by atoms with Crippen molar-refractivity contribution in [1.29, 1.82) is 0 Å². The Bertz CT molecular complexity index is 881. The lowest BCUT2D eigenvalue weighted by atomic mass is 10.1. The average Bonchev–Trinajstić information content (AvgIpc) is 2.50. The molecule has 0 unspecified atom stereocenters. The van der Waals surface area contributed by atoms with E-state index in [9.17, 15) is 9.59 Å². The highest BCUT2D eigenvalue weighted by Crippen LogP contribution is 2.40. The Morgan fingerprint density at radius 3 is 2.12 bits per heavy atom. The van der Waals surface area contributed by atoms with Crippen molar-refractivity contribution < 1.29 is 19.1 Å². The van der Waals surface area contributed by atoms with E-state index in [4.69, 9.17) is 21.1 Å². The molecular weight excluding hydrogens is 328 g/mol. The molecule has 0 fully saturated rings. The zero-order valence-corrected chi connectivity index (χ0v) is 14.5. The van der Waals surface area contributed by atoms with Gasteiger partial charge < -0.3 is 9.47 Å². The number of rotatable bonds is 4. The number of hydrogen-bond donors (Lipinski definition) is 0. The second kappa shape index (κ2) is 6.89. The molecule has 0 aliphatic heterocycles. The molecule has 0 aliphatic rings. The van der Waals surface area contributed by atoms with Gasteiger partial charge >= 0.3 is 11.9 Å². The minimum Gasteiger partial charge on any atom is -0.422 e. The van der Waals surface area contributed by atoms with Gasteiger partial charge in [0.1, 0.15) is 5.75 Å². The summed E-state index contributed by atoms with van der Waals surface area (Å²) in [7, 11) is 0. The Labute approximate surface area is 145 Å². The van der Waals surface area contributed by atoms with Crippen molar-refractivity contribution in [3.05, 3.63) is 59.2 Å². The number of esters is 2. The zero-order chi connectivity index (χ0) is 18.0. The monoisotopic (exact) mass is 344 g/mol. The molecule has 0 N–H and O–H groups in total. The summed E-state index contributed by atoms with van der Waals surface area (Å²) < 4.78 is 10.7. The zero-order valence-electron chi connectivity index (χ0n) is 13.7. The number of carbonyl (C=O) groups is 2. The Balaban J connectivity index is 2.64. The van der Waals surface area contributed by atoms with Crippen LogP contribution in [0.25, 0.3) is 10.8 Å². The van der Waals surface area contributed by atoms with Gasteiger partial charge in [-0.3, -0.25) is 0 Å². The SMILES string of the molecule is C=C(C)C(=O)Oc1cc(Cl)c(OC(=O)C(=C)C)c2ccc(C)cc12. The molecule has 124 valence electrons. The molecule has 0 radical (unpaired) electrons. The highest BCUT2D eigenvalue weighted by atomic mass is 35.5. The van der Waals surface area contributed by atoms with Crippen molar-refractivity contribution in [3.63, 3.8) is 0 Å². The van der Waals surface area contributed by atoms with Crippen LogP contribution in [0.15, 0.2) is 48.6 Å². The van der Waals surface area contributed by atoms with Crippen molar-refractivity contribution in [1.82, 2.24) is 0 Å². The maximum absolute atomic E-state index is 11.8. The number of carbonyl (C=O) groups excluding carboxylic acids is 2. The van der Waals surface area contributed by atoms with E-state index in [1.807, 2.05) is 19.1 Å². The first-order valence-corrected chi connectivity index (χ1v) is 7.56. The van der Waals surface area contributed by atoms with Crippen molar-refractivity contribution >= 4 is 34.3 Å². The second-order valence-corrected chi connectivity index (χ2v) is 5.98. The van der Waals surface area contributed by atoms with Crippen LogP contribution in [0.4, 0.5) is 0 Å². The molecule has 0 saturated heterocycles. The first kappa shape index (κ1) is 17.8. The topological polar surface area (TPSA) is 52.6 Å². The van der Waals surface area contributed by atoms with Gasteiger partial charge in [-0.15, -0.1) is 0 Å². The predicted octanol–water partition coefficient (Wildman–Crippen LogP) is 4.76. The Morgan fingerprint density at radius 1 is 0.958 bits per heavy atom. The first-order valence-electron chi connectivity index (χ1n) is 7.19. The van der Waals surface area contributed by atoms with Gasteiger partial charge in [-0.05, 0) is 26.8 Å². The summed E-state index contributed by atoms with van der Waals surface area (Å²) in [5.74, 6) is -0.650. The van der Waals surface area contributed by atoms with Crippen LogP contribution in [0.2, 0.25) is 5.02 Å². The third-order valence-electron chi connectivity index (χ3n) is 3.25. The summed E-state index contributed by atoms with van der Waals surface area (Å²) in [6.07, 6.45) is 0. The molecule has 0 bridgehead atoms. The quantitative estimate of drug-likeness (QED) is 0.455. The standard InChI is InChI=1S/C19H17ClO4/c1-10(2)18(21)23-16-9-15(20)17(24-19(22)11(3)4)13-7-6-12(5)8-14(13)16/h6-9H,1,3H2,2,4-5H3. The number of hydrogen-bond acceptors (Lipinski definition) is 4. The van der Waals surface area contributed by atoms with Gasteiger partial charge in [0.25, 0.3) is 0 Å². The van der Waals surface area contributed by atoms with Gasteiger partial charge in [0, 0.05) is 28.0 Å². The average molecular weight is 345 g/mol. The fourth-order valence-electron chi connectivity index (χ4n) is 2.00. The predicted molar refractivity (Wildman–Crippen MR) is 94.6 cm³/mol. The molecule has 24 heavy (non-hydrogen) atoms. The Kier molecular flexibility index (Phi) is 5.10. The van der Waals surface area contributed by atoms with Gasteiger partial charge in [-0.1, -0.05) is 42.5 Å². The minimum absolute atomic E-state index is 0.158. The lowest BCUT2D eigenvalue weighted by molar-refractivity contribution is -0.131. The first-order chi connectivity index (χ1) is 11.2. The molecule has 0 atom stereocenters. The third kappa shape index (κ3) is 3.66. The fourth-order valence-corrected chi connectivity index (χ4v) is 2.24. The minimum atomic E-state index is -0.578. The van der Waals surface area contributed by atoms with E-state index in [1.165, 1.54) is 6.07 Å². The molecule has 2 aromatic carbocycles. The second-order valence-electron chi connectivity index (χ2n) is 5.57. The molecular formula is C19H17ClO4. The number of benzene rings is 2. The van der Waals surface area contributed by atoms with Crippen LogP contribution >= 0.6 is 11.6 Å². The maximum Gasteiger partial charge on any atom is 0.338 e. The molecule has 0 spiro atoms. The van der Waals surface area contributed by atoms with Crippen molar-refractivity contribution in [2.24, 2.45) is 0 Å². The van der Waals surface area contributed by atoms with E-state index in [1.54, 1.807) is 19.9 Å². The molecule has 0 aliphatic carbocycles. The van der Waals surface area contributed by atoms with Crippen LogP contribution in [-0.2, 0) is 9.59 Å². The van der Waals surface area contributed by atoms with Crippen molar-refractivity contribution in [2.45, 2.75) is 20.8 Å². The van der Waals surface area contributed by atoms with Crippen LogP contribution in [0.3, 0.4) is 0 Å². The van der Waals surface area contributed by atoms with Crippen molar-refractivity contribution in [3.8, 4) is 11.5 Å². The molecule has 0 heterocycles. The van der Waals surface area contributed by atoms with E-state index < -0.39 is 11.9 Å². The Hall–Kier alpha value is -2.59. The van der Waals surface area contributed by atoms with Gasteiger partial charge in [0.2, 0.25) is 0 Å². The summed E-state index contributed by atoms with van der Waals surface area (Å²) in [6, 6.07) is 6.88. The van der Waals surface area contributed by atoms with E-state index in [-0.39, 0.29) is 27.7 Å². The normalized spacial score (nSPS) is 10.3. The fraction of sp³-hybridized carbons (Fsp3) is 0.158. The molecule has 5 heteroatoms. The summed E-state index contributed by atoms with van der Waals surface area (Å²) in [5, 5.41) is 1.33. The third-order valence-corrected chi connectivity index (χ3v) is 3.53. The van der Waals surface area contributed by atoms with Crippen LogP contribution in [0, 0.1) is 6.92 Å². The maximum atomic E-state index is 11.8. The lowest BCUT2D eigenvalue weighted by Gasteiger charge is -2.14. The molecule has 4 nitrogen and oxygen atoms in total. The molecule has 0 aromatic heterocycles. The molecule has 2 rings (SSSR count). The lowest BCUT2D eigenvalue weighted by Crippen LogP contribution is -2.11. The van der Waals surface area contributed by atoms with Crippen LogP contribution in [0.1, 0.15) is 19.4 Å². The largest absolute Gasteiger partial charge is 0.422 e. The van der Waals surface area contributed by atoms with E-state index in [2.05, 4.69) is 13.2 Å². The van der Waals surface area contributed by atoms with Gasteiger partial charge in [-0.2, -0.15) is 0 Å². The molecule has 0 saturated carbocycles. The smallest absolute Gasteiger partial charge is 0.338 e. The highest BCUT2D eigenvalue weighted by molar-refractivity contribution is 6.34. The van der Waals surface area contributed by atoms with Gasteiger partial charge in [0.05, 0.1) is 5.02 Å². The van der Waals surface area contributed by atoms with Gasteiger partial charge in [-0.25, -0.2) is 9.59 Å². The van der Waals surface area contributed by atoms with Crippen LogP contribution in [-0.4, -0.2) is 11.9 Å². The highest BCUT2D eigenvalue weighted by Gasteiger charge is 2.18.